The minimum absolute atomic E-state index is 0.0144. The first-order valence-electron chi connectivity index (χ1n) is 7.37. The standard InChI is InChI=1S/C16H24N2O2/c1-4-5-6-7-11-18-14-12(17)9-8-10-13(14)20-16(2,3)15(18)19/h8-10H,4-7,11,17H2,1-3H3. The fraction of sp³-hybridized carbons (Fsp3) is 0.562. The minimum Gasteiger partial charge on any atom is -0.476 e. The molecule has 0 aromatic heterocycles. The molecule has 0 bridgehead atoms. The molecule has 0 radical (unpaired) electrons. The first-order valence-corrected chi connectivity index (χ1v) is 7.37. The van der Waals surface area contributed by atoms with Crippen molar-refractivity contribution in [2.75, 3.05) is 17.2 Å². The highest BCUT2D eigenvalue weighted by atomic mass is 16.5. The van der Waals surface area contributed by atoms with Crippen molar-refractivity contribution < 1.29 is 9.53 Å². The average molecular weight is 276 g/mol. The van der Waals surface area contributed by atoms with Crippen LogP contribution in [0.1, 0.15) is 46.5 Å². The van der Waals surface area contributed by atoms with E-state index in [1.165, 1.54) is 12.8 Å². The average Bonchev–Trinajstić information content (AvgIpc) is 2.38. The van der Waals surface area contributed by atoms with E-state index < -0.39 is 5.60 Å². The van der Waals surface area contributed by atoms with Crippen molar-refractivity contribution >= 4 is 17.3 Å². The molecule has 4 heteroatoms. The molecular weight excluding hydrogens is 252 g/mol. The van der Waals surface area contributed by atoms with Crippen molar-refractivity contribution in [3.05, 3.63) is 18.2 Å². The lowest BCUT2D eigenvalue weighted by Gasteiger charge is -2.39. The van der Waals surface area contributed by atoms with Crippen LogP contribution < -0.4 is 15.4 Å². The Morgan fingerprint density at radius 2 is 2.00 bits per heavy atom. The van der Waals surface area contributed by atoms with Crippen molar-refractivity contribution in [1.82, 2.24) is 0 Å². The van der Waals surface area contributed by atoms with Gasteiger partial charge in [-0.15, -0.1) is 0 Å². The van der Waals surface area contributed by atoms with Crippen LogP contribution in [-0.2, 0) is 4.79 Å². The number of carbonyl (C=O) groups excluding carboxylic acids is 1. The lowest BCUT2D eigenvalue weighted by atomic mass is 10.0. The second kappa shape index (κ2) is 5.73. The van der Waals surface area contributed by atoms with Crippen LogP contribution >= 0.6 is 0 Å². The normalized spacial score (nSPS) is 16.8. The molecule has 1 aromatic carbocycles. The van der Waals surface area contributed by atoms with Crippen molar-refractivity contribution in [2.45, 2.75) is 52.1 Å². The summed E-state index contributed by atoms with van der Waals surface area (Å²) in [6, 6.07) is 5.54. The molecule has 1 heterocycles. The summed E-state index contributed by atoms with van der Waals surface area (Å²) in [6.45, 7) is 6.49. The van der Waals surface area contributed by atoms with Crippen LogP contribution in [0, 0.1) is 0 Å². The number of anilines is 2. The first-order chi connectivity index (χ1) is 9.47. The van der Waals surface area contributed by atoms with Crippen LogP contribution in [-0.4, -0.2) is 18.1 Å². The number of benzene rings is 1. The van der Waals surface area contributed by atoms with Crippen LogP contribution in [0.4, 0.5) is 11.4 Å². The molecule has 0 aliphatic carbocycles. The molecule has 2 rings (SSSR count). The SMILES string of the molecule is CCCCCCN1C(=O)C(C)(C)Oc2cccc(N)c21. The molecule has 2 N–H and O–H groups in total. The summed E-state index contributed by atoms with van der Waals surface area (Å²) in [4.78, 5) is 14.4. The zero-order chi connectivity index (χ0) is 14.8. The number of rotatable bonds is 5. The molecule has 4 nitrogen and oxygen atoms in total. The van der Waals surface area contributed by atoms with Gasteiger partial charge in [0.05, 0.1) is 5.69 Å². The molecule has 0 saturated heterocycles. The fourth-order valence-electron chi connectivity index (χ4n) is 2.57. The zero-order valence-electron chi connectivity index (χ0n) is 12.6. The van der Waals surface area contributed by atoms with Gasteiger partial charge in [0.25, 0.3) is 5.91 Å². The Bertz CT molecular complexity index is 497. The number of carbonyl (C=O) groups is 1. The van der Waals surface area contributed by atoms with Crippen molar-refractivity contribution in [3.63, 3.8) is 0 Å². The first kappa shape index (κ1) is 14.7. The number of ether oxygens (including phenoxy) is 1. The van der Waals surface area contributed by atoms with E-state index in [-0.39, 0.29) is 5.91 Å². The van der Waals surface area contributed by atoms with Gasteiger partial charge in [-0.3, -0.25) is 4.79 Å². The monoisotopic (exact) mass is 276 g/mol. The van der Waals surface area contributed by atoms with Gasteiger partial charge in [0, 0.05) is 6.54 Å². The molecule has 0 fully saturated rings. The third-order valence-corrected chi connectivity index (χ3v) is 3.66. The highest BCUT2D eigenvalue weighted by Crippen LogP contribution is 2.41. The Kier molecular flexibility index (Phi) is 4.21. The van der Waals surface area contributed by atoms with Crippen molar-refractivity contribution in [2.24, 2.45) is 0 Å². The molecule has 1 aromatic rings. The van der Waals surface area contributed by atoms with E-state index in [4.69, 9.17) is 10.5 Å². The lowest BCUT2D eigenvalue weighted by molar-refractivity contribution is -0.132. The molecule has 1 aliphatic rings. The Morgan fingerprint density at radius 1 is 1.25 bits per heavy atom. The maximum atomic E-state index is 12.6. The van der Waals surface area contributed by atoms with Gasteiger partial charge in [0.1, 0.15) is 11.4 Å². The summed E-state index contributed by atoms with van der Waals surface area (Å²) in [7, 11) is 0. The number of fused-ring (bicyclic) bond motifs is 1. The lowest BCUT2D eigenvalue weighted by Crippen LogP contribution is -2.53. The van der Waals surface area contributed by atoms with Crippen LogP contribution in [0.15, 0.2) is 18.2 Å². The summed E-state index contributed by atoms with van der Waals surface area (Å²) in [5.74, 6) is 0.685. The summed E-state index contributed by atoms with van der Waals surface area (Å²) in [6.07, 6.45) is 4.49. The number of nitrogens with two attached hydrogens (primary N) is 1. The Labute approximate surface area is 120 Å². The highest BCUT2D eigenvalue weighted by molar-refractivity contribution is 6.04. The zero-order valence-corrected chi connectivity index (χ0v) is 12.6. The highest BCUT2D eigenvalue weighted by Gasteiger charge is 2.41. The Morgan fingerprint density at radius 3 is 2.70 bits per heavy atom. The number of amides is 1. The van der Waals surface area contributed by atoms with E-state index in [1.54, 1.807) is 18.7 Å². The van der Waals surface area contributed by atoms with Crippen LogP contribution in [0.3, 0.4) is 0 Å². The van der Waals surface area contributed by atoms with E-state index >= 15 is 0 Å². The van der Waals surface area contributed by atoms with Gasteiger partial charge < -0.3 is 15.4 Å². The fourth-order valence-corrected chi connectivity index (χ4v) is 2.57. The number of nitrogens with zero attached hydrogens (tertiary/aromatic N) is 1. The topological polar surface area (TPSA) is 55.6 Å². The number of nitrogen functional groups attached to an aromatic ring is 1. The Balaban J connectivity index is 2.26. The summed E-state index contributed by atoms with van der Waals surface area (Å²) in [5, 5.41) is 0. The van der Waals surface area contributed by atoms with E-state index in [0.717, 1.165) is 18.5 Å². The smallest absolute Gasteiger partial charge is 0.270 e. The minimum atomic E-state index is -0.828. The van der Waals surface area contributed by atoms with Gasteiger partial charge in [-0.25, -0.2) is 0 Å². The molecule has 1 amide bonds. The number of hydrogen-bond donors (Lipinski definition) is 1. The van der Waals surface area contributed by atoms with E-state index in [2.05, 4.69) is 6.92 Å². The summed E-state index contributed by atoms with van der Waals surface area (Å²) < 4.78 is 5.80. The van der Waals surface area contributed by atoms with E-state index in [0.29, 0.717) is 18.0 Å². The molecule has 0 spiro atoms. The summed E-state index contributed by atoms with van der Waals surface area (Å²) >= 11 is 0. The van der Waals surface area contributed by atoms with Gasteiger partial charge in [-0.05, 0) is 32.4 Å². The largest absolute Gasteiger partial charge is 0.476 e. The van der Waals surface area contributed by atoms with Gasteiger partial charge in [-0.1, -0.05) is 32.3 Å². The molecule has 0 unspecified atom stereocenters. The van der Waals surface area contributed by atoms with Crippen molar-refractivity contribution in [3.8, 4) is 5.75 Å². The molecule has 0 atom stereocenters. The molecule has 0 saturated carbocycles. The van der Waals surface area contributed by atoms with Crippen LogP contribution in [0.2, 0.25) is 0 Å². The van der Waals surface area contributed by atoms with Gasteiger partial charge in [0.15, 0.2) is 5.60 Å². The number of unbranched alkanes of at least 4 members (excludes halogenated alkanes) is 3. The molecule has 110 valence electrons. The van der Waals surface area contributed by atoms with Gasteiger partial charge in [-0.2, -0.15) is 0 Å². The predicted molar refractivity (Wildman–Crippen MR) is 82.1 cm³/mol. The quantitative estimate of drug-likeness (QED) is 0.662. The number of hydrogen-bond acceptors (Lipinski definition) is 3. The Hall–Kier alpha value is -1.71. The third-order valence-electron chi connectivity index (χ3n) is 3.66. The van der Waals surface area contributed by atoms with Crippen LogP contribution in [0.5, 0.6) is 5.75 Å². The van der Waals surface area contributed by atoms with E-state index in [9.17, 15) is 4.79 Å². The van der Waals surface area contributed by atoms with Crippen LogP contribution in [0.25, 0.3) is 0 Å². The second-order valence-electron chi connectivity index (χ2n) is 5.82. The number of para-hydroxylation sites is 1. The predicted octanol–water partition coefficient (Wildman–Crippen LogP) is 3.35. The van der Waals surface area contributed by atoms with Gasteiger partial charge >= 0.3 is 0 Å². The molecular formula is C16H24N2O2. The summed E-state index contributed by atoms with van der Waals surface area (Å²) in [5.41, 5.74) is 6.54. The van der Waals surface area contributed by atoms with E-state index in [1.807, 2.05) is 18.2 Å². The van der Waals surface area contributed by atoms with Gasteiger partial charge in [0.2, 0.25) is 0 Å². The third kappa shape index (κ3) is 2.74. The van der Waals surface area contributed by atoms with Crippen molar-refractivity contribution in [1.29, 1.82) is 0 Å². The maximum Gasteiger partial charge on any atom is 0.270 e. The molecule has 20 heavy (non-hydrogen) atoms. The maximum absolute atomic E-state index is 12.6. The second-order valence-corrected chi connectivity index (χ2v) is 5.82. The molecule has 1 aliphatic heterocycles.